The number of amides is 1. The Hall–Kier alpha value is -3.46. The molecule has 9 heteroatoms. The second kappa shape index (κ2) is 6.85. The average Bonchev–Trinajstić information content (AvgIpc) is 3.44. The number of aromatic nitrogens is 4. The molecule has 4 aromatic rings. The van der Waals surface area contributed by atoms with E-state index in [-0.39, 0.29) is 0 Å². The summed E-state index contributed by atoms with van der Waals surface area (Å²) in [7, 11) is 0. The lowest BCUT2D eigenvalue weighted by Gasteiger charge is -2.12. The molecule has 0 aromatic carbocycles. The summed E-state index contributed by atoms with van der Waals surface area (Å²) in [6.45, 7) is 3.42. The van der Waals surface area contributed by atoms with Gasteiger partial charge in [-0.3, -0.25) is 9.20 Å². The molecule has 146 valence electrons. The molecule has 0 bridgehead atoms. The highest BCUT2D eigenvalue weighted by Crippen LogP contribution is 2.32. The molecule has 0 saturated carbocycles. The molecule has 1 aliphatic heterocycles. The number of pyridine rings is 1. The largest absolute Gasteiger partial charge is 0.380 e. The molecule has 0 aliphatic carbocycles. The van der Waals surface area contributed by atoms with Gasteiger partial charge in [0.05, 0.1) is 29.2 Å². The molecule has 0 atom stereocenters. The highest BCUT2D eigenvalue weighted by atomic mass is 32.1. The predicted octanol–water partition coefficient (Wildman–Crippen LogP) is 2.84. The van der Waals surface area contributed by atoms with Crippen LogP contribution in [0.3, 0.4) is 0 Å². The van der Waals surface area contributed by atoms with Crippen LogP contribution in [0.2, 0.25) is 0 Å². The summed E-state index contributed by atoms with van der Waals surface area (Å²) < 4.78 is 1.84. The molecule has 1 amide bonds. The van der Waals surface area contributed by atoms with Crippen LogP contribution in [-0.4, -0.2) is 31.8 Å². The number of hydrogen-bond donors (Lipinski definition) is 3. The molecule has 4 aromatic heterocycles. The first-order valence-corrected chi connectivity index (χ1v) is 10.2. The number of aryl methyl sites for hydroxylation is 1. The summed E-state index contributed by atoms with van der Waals surface area (Å²) in [5.74, 6) is 0.841. The van der Waals surface area contributed by atoms with Gasteiger partial charge in [-0.1, -0.05) is 6.07 Å². The van der Waals surface area contributed by atoms with Crippen LogP contribution in [0.25, 0.3) is 17.2 Å². The zero-order valence-corrected chi connectivity index (χ0v) is 16.6. The quantitative estimate of drug-likeness (QED) is 0.471. The van der Waals surface area contributed by atoms with Crippen molar-refractivity contribution < 1.29 is 4.79 Å². The minimum Gasteiger partial charge on any atom is -0.380 e. The van der Waals surface area contributed by atoms with Gasteiger partial charge in [0, 0.05) is 24.0 Å². The molecule has 8 nitrogen and oxygen atoms in total. The number of thiophene rings is 1. The van der Waals surface area contributed by atoms with E-state index in [1.807, 2.05) is 23.6 Å². The third-order valence-corrected chi connectivity index (χ3v) is 5.84. The zero-order valence-electron chi connectivity index (χ0n) is 15.8. The van der Waals surface area contributed by atoms with Gasteiger partial charge >= 0.3 is 0 Å². The summed E-state index contributed by atoms with van der Waals surface area (Å²) in [4.78, 5) is 27.2. The number of rotatable bonds is 5. The number of hydrogen-bond acceptors (Lipinski definition) is 7. The van der Waals surface area contributed by atoms with Crippen LogP contribution < -0.4 is 16.4 Å². The number of carbonyl (C=O) groups is 1. The summed E-state index contributed by atoms with van der Waals surface area (Å²) in [6.07, 6.45) is 2.69. The molecule has 5 heterocycles. The standard InChI is InChI=1S/C20H19N7OS/c1-11-16(27-8-2-5-13(17(21)28)20(27)24-11)19-25-14-6-7-22-15(14)18(26-19)23-10-12-4-3-9-29-12/h2-5,8-9,22H,6-7,10H2,1H3,(H2,21,28)(H,23,25,26). The molecule has 5 rings (SSSR count). The van der Waals surface area contributed by atoms with Crippen LogP contribution in [-0.2, 0) is 13.0 Å². The van der Waals surface area contributed by atoms with E-state index in [9.17, 15) is 4.79 Å². The van der Waals surface area contributed by atoms with Gasteiger partial charge in [-0.2, -0.15) is 0 Å². The van der Waals surface area contributed by atoms with E-state index in [1.54, 1.807) is 23.5 Å². The van der Waals surface area contributed by atoms with Crippen molar-refractivity contribution in [2.75, 3.05) is 17.2 Å². The van der Waals surface area contributed by atoms with Crippen molar-refractivity contribution in [1.82, 2.24) is 19.4 Å². The van der Waals surface area contributed by atoms with E-state index in [0.29, 0.717) is 23.6 Å². The number of nitrogens with one attached hydrogen (secondary N) is 2. The van der Waals surface area contributed by atoms with Gasteiger partial charge in [0.25, 0.3) is 5.91 Å². The first-order chi connectivity index (χ1) is 14.1. The van der Waals surface area contributed by atoms with Crippen molar-refractivity contribution in [1.29, 1.82) is 0 Å². The number of nitrogens with zero attached hydrogens (tertiary/aromatic N) is 4. The van der Waals surface area contributed by atoms with Gasteiger partial charge in [0.1, 0.15) is 11.3 Å². The van der Waals surface area contributed by atoms with E-state index < -0.39 is 5.91 Å². The summed E-state index contributed by atoms with van der Waals surface area (Å²) in [5.41, 5.74) is 9.85. The molecule has 0 radical (unpaired) electrons. The van der Waals surface area contributed by atoms with E-state index >= 15 is 0 Å². The van der Waals surface area contributed by atoms with Crippen molar-refractivity contribution in [2.24, 2.45) is 5.73 Å². The molecule has 0 saturated heterocycles. The fourth-order valence-corrected chi connectivity index (χ4v) is 4.28. The topological polar surface area (TPSA) is 110 Å². The lowest BCUT2D eigenvalue weighted by molar-refractivity contribution is 0.100. The Morgan fingerprint density at radius 2 is 2.21 bits per heavy atom. The van der Waals surface area contributed by atoms with Gasteiger partial charge < -0.3 is 16.4 Å². The van der Waals surface area contributed by atoms with Gasteiger partial charge in [-0.05, 0) is 30.5 Å². The SMILES string of the molecule is Cc1nc2c(C(N)=O)cccn2c1-c1nc2c(c(NCc3cccs3)n1)NCC2. The van der Waals surface area contributed by atoms with Crippen LogP contribution in [0.4, 0.5) is 11.5 Å². The number of carbonyl (C=O) groups excluding carboxylic acids is 1. The van der Waals surface area contributed by atoms with Gasteiger partial charge in [-0.15, -0.1) is 11.3 Å². The average molecular weight is 405 g/mol. The van der Waals surface area contributed by atoms with Crippen molar-refractivity contribution in [3.63, 3.8) is 0 Å². The lowest BCUT2D eigenvalue weighted by Crippen LogP contribution is -2.12. The number of imidazole rings is 1. The Morgan fingerprint density at radius 3 is 3.00 bits per heavy atom. The summed E-state index contributed by atoms with van der Waals surface area (Å²) in [5, 5.41) is 8.88. The van der Waals surface area contributed by atoms with Crippen molar-refractivity contribution in [3.8, 4) is 11.5 Å². The minimum atomic E-state index is -0.510. The molecule has 0 spiro atoms. The highest BCUT2D eigenvalue weighted by Gasteiger charge is 2.23. The van der Waals surface area contributed by atoms with Crippen molar-refractivity contribution in [2.45, 2.75) is 19.9 Å². The number of primary amides is 1. The zero-order chi connectivity index (χ0) is 20.0. The van der Waals surface area contributed by atoms with Crippen LogP contribution in [0.5, 0.6) is 0 Å². The number of nitrogens with two attached hydrogens (primary N) is 1. The molecule has 29 heavy (non-hydrogen) atoms. The first-order valence-electron chi connectivity index (χ1n) is 9.30. The lowest BCUT2D eigenvalue weighted by atomic mass is 10.2. The Balaban J connectivity index is 1.63. The third-order valence-electron chi connectivity index (χ3n) is 4.96. The minimum absolute atomic E-state index is 0.376. The molecule has 0 unspecified atom stereocenters. The molecule has 0 fully saturated rings. The maximum absolute atomic E-state index is 11.8. The summed E-state index contributed by atoms with van der Waals surface area (Å²) >= 11 is 1.70. The Labute approximate surface area is 170 Å². The van der Waals surface area contributed by atoms with Crippen LogP contribution >= 0.6 is 11.3 Å². The van der Waals surface area contributed by atoms with Crippen molar-refractivity contribution in [3.05, 3.63) is 57.7 Å². The Bertz CT molecular complexity index is 1230. The second-order valence-electron chi connectivity index (χ2n) is 6.85. The van der Waals surface area contributed by atoms with Gasteiger partial charge in [-0.25, -0.2) is 15.0 Å². The fourth-order valence-electron chi connectivity index (χ4n) is 3.64. The highest BCUT2D eigenvalue weighted by molar-refractivity contribution is 7.09. The Morgan fingerprint density at radius 1 is 1.31 bits per heavy atom. The normalized spacial score (nSPS) is 12.7. The number of anilines is 2. The molecular weight excluding hydrogens is 386 g/mol. The molecule has 1 aliphatic rings. The Kier molecular flexibility index (Phi) is 4.17. The van der Waals surface area contributed by atoms with Gasteiger partial charge in [0.15, 0.2) is 11.6 Å². The fraction of sp³-hybridized carbons (Fsp3) is 0.200. The van der Waals surface area contributed by atoms with Gasteiger partial charge in [0.2, 0.25) is 0 Å². The third kappa shape index (κ3) is 2.99. The van der Waals surface area contributed by atoms with E-state index in [4.69, 9.17) is 15.7 Å². The predicted molar refractivity (Wildman–Crippen MR) is 113 cm³/mol. The smallest absolute Gasteiger partial charge is 0.252 e. The second-order valence-corrected chi connectivity index (χ2v) is 7.88. The monoisotopic (exact) mass is 405 g/mol. The maximum atomic E-state index is 11.8. The van der Waals surface area contributed by atoms with Crippen LogP contribution in [0.1, 0.15) is 26.6 Å². The van der Waals surface area contributed by atoms with Crippen LogP contribution in [0, 0.1) is 6.92 Å². The van der Waals surface area contributed by atoms with E-state index in [2.05, 4.69) is 27.1 Å². The van der Waals surface area contributed by atoms with E-state index in [1.165, 1.54) is 4.88 Å². The summed E-state index contributed by atoms with van der Waals surface area (Å²) in [6, 6.07) is 7.58. The first kappa shape index (κ1) is 17.6. The van der Waals surface area contributed by atoms with Crippen LogP contribution in [0.15, 0.2) is 35.8 Å². The molecule has 4 N–H and O–H groups in total. The maximum Gasteiger partial charge on any atom is 0.252 e. The number of fused-ring (bicyclic) bond motifs is 2. The van der Waals surface area contributed by atoms with Crippen molar-refractivity contribution >= 4 is 34.4 Å². The molecular formula is C20H19N7OS. The van der Waals surface area contributed by atoms with E-state index in [0.717, 1.165) is 41.6 Å².